The van der Waals surface area contributed by atoms with E-state index in [4.69, 9.17) is 4.98 Å². The van der Waals surface area contributed by atoms with Crippen molar-refractivity contribution in [1.82, 2.24) is 19.9 Å². The van der Waals surface area contributed by atoms with Gasteiger partial charge in [-0.15, -0.1) is 0 Å². The summed E-state index contributed by atoms with van der Waals surface area (Å²) in [5.74, 6) is 1.10. The molecule has 1 saturated heterocycles. The minimum atomic E-state index is -0.0749. The summed E-state index contributed by atoms with van der Waals surface area (Å²) in [5, 5.41) is 2.90. The summed E-state index contributed by atoms with van der Waals surface area (Å²) >= 11 is 0. The lowest BCUT2D eigenvalue weighted by Crippen LogP contribution is -2.40. The van der Waals surface area contributed by atoms with E-state index in [-0.39, 0.29) is 6.03 Å². The van der Waals surface area contributed by atoms with Crippen LogP contribution in [0.2, 0.25) is 0 Å². The van der Waals surface area contributed by atoms with Gasteiger partial charge in [0.1, 0.15) is 0 Å². The van der Waals surface area contributed by atoms with Crippen molar-refractivity contribution in [3.63, 3.8) is 0 Å². The largest absolute Gasteiger partial charge is 0.324 e. The number of nitrogens with zero attached hydrogens (tertiary/aromatic N) is 4. The van der Waals surface area contributed by atoms with Gasteiger partial charge in [0.2, 0.25) is 0 Å². The van der Waals surface area contributed by atoms with Crippen molar-refractivity contribution < 1.29 is 4.79 Å². The average molecular weight is 359 g/mol. The second kappa shape index (κ2) is 7.95. The van der Waals surface area contributed by atoms with Crippen LogP contribution in [-0.4, -0.2) is 39.0 Å². The molecule has 1 aliphatic heterocycles. The fourth-order valence-corrected chi connectivity index (χ4v) is 3.34. The number of aromatic nitrogens is 3. The van der Waals surface area contributed by atoms with Crippen LogP contribution in [0.15, 0.2) is 67.1 Å². The standard InChI is InChI=1S/C21H21N5O/c27-21(24-18-7-4-11-22-15-18)26-13-9-16(10-14-26)19-8-12-23-20(25-19)17-5-2-1-3-6-17/h1-8,11-12,15-16H,9-10,13-14H2,(H,24,27). The van der Waals surface area contributed by atoms with Gasteiger partial charge in [-0.1, -0.05) is 30.3 Å². The number of urea groups is 1. The quantitative estimate of drug-likeness (QED) is 0.769. The van der Waals surface area contributed by atoms with Crippen molar-refractivity contribution in [3.05, 3.63) is 72.8 Å². The van der Waals surface area contributed by atoms with E-state index in [2.05, 4.69) is 15.3 Å². The Morgan fingerprint density at radius 1 is 1.00 bits per heavy atom. The highest BCUT2D eigenvalue weighted by atomic mass is 16.2. The predicted octanol–water partition coefficient (Wildman–Crippen LogP) is 3.95. The minimum absolute atomic E-state index is 0.0749. The van der Waals surface area contributed by atoms with Gasteiger partial charge in [0.25, 0.3) is 0 Å². The second-order valence-electron chi connectivity index (χ2n) is 6.60. The molecular formula is C21H21N5O. The molecule has 2 aromatic heterocycles. The summed E-state index contributed by atoms with van der Waals surface area (Å²) in [7, 11) is 0. The number of anilines is 1. The number of amides is 2. The molecule has 3 heterocycles. The molecule has 1 aliphatic rings. The number of hydrogen-bond acceptors (Lipinski definition) is 4. The maximum Gasteiger partial charge on any atom is 0.321 e. The fraction of sp³-hybridized carbons (Fsp3) is 0.238. The molecule has 2 amide bonds. The molecule has 6 nitrogen and oxygen atoms in total. The Balaban J connectivity index is 1.39. The Morgan fingerprint density at radius 2 is 1.81 bits per heavy atom. The smallest absolute Gasteiger partial charge is 0.321 e. The zero-order valence-corrected chi connectivity index (χ0v) is 15.0. The number of hydrogen-bond donors (Lipinski definition) is 1. The molecule has 136 valence electrons. The maximum absolute atomic E-state index is 12.4. The molecule has 0 radical (unpaired) electrons. The Labute approximate surface area is 158 Å². The fourth-order valence-electron chi connectivity index (χ4n) is 3.34. The van der Waals surface area contributed by atoms with Crippen molar-refractivity contribution in [2.75, 3.05) is 18.4 Å². The van der Waals surface area contributed by atoms with Crippen LogP contribution < -0.4 is 5.32 Å². The first-order chi connectivity index (χ1) is 13.3. The Hall–Kier alpha value is -3.28. The maximum atomic E-state index is 12.4. The van der Waals surface area contributed by atoms with Crippen LogP contribution >= 0.6 is 0 Å². The van der Waals surface area contributed by atoms with E-state index < -0.39 is 0 Å². The molecular weight excluding hydrogens is 338 g/mol. The van der Waals surface area contributed by atoms with E-state index in [1.165, 1.54) is 0 Å². The van der Waals surface area contributed by atoms with Crippen molar-refractivity contribution in [3.8, 4) is 11.4 Å². The van der Waals surface area contributed by atoms with E-state index in [1.54, 1.807) is 18.5 Å². The molecule has 0 aliphatic carbocycles. The van der Waals surface area contributed by atoms with E-state index >= 15 is 0 Å². The van der Waals surface area contributed by atoms with Crippen molar-refractivity contribution in [2.45, 2.75) is 18.8 Å². The summed E-state index contributed by atoms with van der Waals surface area (Å²) < 4.78 is 0. The van der Waals surface area contributed by atoms with Gasteiger partial charge in [-0.2, -0.15) is 0 Å². The highest BCUT2D eigenvalue weighted by Gasteiger charge is 2.25. The Morgan fingerprint density at radius 3 is 2.56 bits per heavy atom. The first-order valence-corrected chi connectivity index (χ1v) is 9.14. The van der Waals surface area contributed by atoms with Crippen LogP contribution in [0.25, 0.3) is 11.4 Å². The number of carbonyl (C=O) groups is 1. The first kappa shape index (κ1) is 17.1. The summed E-state index contributed by atoms with van der Waals surface area (Å²) in [6.45, 7) is 1.42. The molecule has 0 saturated carbocycles. The highest BCUT2D eigenvalue weighted by molar-refractivity contribution is 5.89. The zero-order valence-electron chi connectivity index (χ0n) is 15.0. The van der Waals surface area contributed by atoms with Crippen molar-refractivity contribution in [2.24, 2.45) is 0 Å². The van der Waals surface area contributed by atoms with Gasteiger partial charge in [-0.25, -0.2) is 14.8 Å². The molecule has 6 heteroatoms. The van der Waals surface area contributed by atoms with Crippen LogP contribution in [0.1, 0.15) is 24.5 Å². The summed E-state index contributed by atoms with van der Waals surface area (Å²) in [6, 6.07) is 15.6. The van der Waals surface area contributed by atoms with Crippen molar-refractivity contribution >= 4 is 11.7 Å². The van der Waals surface area contributed by atoms with E-state index in [0.717, 1.165) is 29.9 Å². The van der Waals surface area contributed by atoms with Crippen LogP contribution in [0.3, 0.4) is 0 Å². The van der Waals surface area contributed by atoms with Gasteiger partial charge in [0, 0.05) is 42.7 Å². The van der Waals surface area contributed by atoms with Crippen LogP contribution in [-0.2, 0) is 0 Å². The first-order valence-electron chi connectivity index (χ1n) is 9.14. The number of piperidine rings is 1. The monoisotopic (exact) mass is 359 g/mol. The van der Waals surface area contributed by atoms with Gasteiger partial charge in [0.15, 0.2) is 5.82 Å². The zero-order chi connectivity index (χ0) is 18.5. The number of rotatable bonds is 3. The molecule has 0 unspecified atom stereocenters. The lowest BCUT2D eigenvalue weighted by Gasteiger charge is -2.31. The summed E-state index contributed by atoms with van der Waals surface area (Å²) in [5.41, 5.74) is 2.79. The normalized spacial score (nSPS) is 14.7. The highest BCUT2D eigenvalue weighted by Crippen LogP contribution is 2.28. The van der Waals surface area contributed by atoms with Gasteiger partial charge in [-0.05, 0) is 31.0 Å². The Bertz CT molecular complexity index is 893. The summed E-state index contributed by atoms with van der Waals surface area (Å²) in [6.07, 6.45) is 6.95. The molecule has 27 heavy (non-hydrogen) atoms. The molecule has 0 spiro atoms. The van der Waals surface area contributed by atoms with E-state index in [0.29, 0.717) is 24.7 Å². The topological polar surface area (TPSA) is 71.0 Å². The SMILES string of the molecule is O=C(Nc1cccnc1)N1CCC(c2ccnc(-c3ccccc3)n2)CC1. The number of carbonyl (C=O) groups excluding carboxylic acids is 1. The van der Waals surface area contributed by atoms with Gasteiger partial charge < -0.3 is 10.2 Å². The minimum Gasteiger partial charge on any atom is -0.324 e. The number of benzene rings is 1. The molecule has 1 N–H and O–H groups in total. The van der Waals surface area contributed by atoms with Crippen LogP contribution in [0.5, 0.6) is 0 Å². The number of pyridine rings is 1. The van der Waals surface area contributed by atoms with Crippen molar-refractivity contribution in [1.29, 1.82) is 0 Å². The van der Waals surface area contributed by atoms with E-state index in [9.17, 15) is 4.79 Å². The third-order valence-electron chi connectivity index (χ3n) is 4.82. The van der Waals surface area contributed by atoms with Gasteiger partial charge in [-0.3, -0.25) is 4.98 Å². The molecule has 1 aromatic carbocycles. The van der Waals surface area contributed by atoms with Crippen LogP contribution in [0, 0.1) is 0 Å². The Kier molecular flexibility index (Phi) is 5.05. The molecule has 3 aromatic rings. The second-order valence-corrected chi connectivity index (χ2v) is 6.60. The molecule has 0 bridgehead atoms. The van der Waals surface area contributed by atoms with Gasteiger partial charge in [0.05, 0.1) is 11.9 Å². The average Bonchev–Trinajstić information content (AvgIpc) is 2.75. The number of nitrogens with one attached hydrogen (secondary N) is 1. The molecule has 1 fully saturated rings. The lowest BCUT2D eigenvalue weighted by atomic mass is 9.93. The summed E-state index contributed by atoms with van der Waals surface area (Å²) in [4.78, 5) is 27.5. The van der Waals surface area contributed by atoms with Gasteiger partial charge >= 0.3 is 6.03 Å². The van der Waals surface area contributed by atoms with E-state index in [1.807, 2.05) is 53.6 Å². The lowest BCUT2D eigenvalue weighted by molar-refractivity contribution is 0.194. The predicted molar refractivity (Wildman–Crippen MR) is 104 cm³/mol. The molecule has 0 atom stereocenters. The number of likely N-dealkylation sites (tertiary alicyclic amines) is 1. The van der Waals surface area contributed by atoms with Crippen LogP contribution in [0.4, 0.5) is 10.5 Å². The molecule has 4 rings (SSSR count). The third kappa shape index (κ3) is 4.11. The third-order valence-corrected chi connectivity index (χ3v) is 4.82.